The minimum absolute atomic E-state index is 0.137. The molecule has 5 nitrogen and oxygen atoms in total. The van der Waals surface area contributed by atoms with Gasteiger partial charge >= 0.3 is 5.97 Å². The molecule has 0 bridgehead atoms. The van der Waals surface area contributed by atoms with E-state index in [1.807, 2.05) is 39.8 Å². The number of carbonyl (C=O) groups excluding carboxylic acids is 2. The number of hydrogen-bond donors (Lipinski definition) is 1. The number of rotatable bonds is 6. The molecule has 0 aliphatic heterocycles. The van der Waals surface area contributed by atoms with Crippen molar-refractivity contribution in [3.8, 4) is 5.75 Å². The van der Waals surface area contributed by atoms with Crippen molar-refractivity contribution < 1.29 is 19.1 Å². The van der Waals surface area contributed by atoms with Crippen molar-refractivity contribution >= 4 is 44.1 Å². The van der Waals surface area contributed by atoms with Crippen LogP contribution in [0.15, 0.2) is 16.6 Å². The smallest absolute Gasteiger partial charge is 0.341 e. The van der Waals surface area contributed by atoms with E-state index in [0.29, 0.717) is 16.3 Å². The molecule has 1 amide bonds. The van der Waals surface area contributed by atoms with Gasteiger partial charge in [-0.05, 0) is 63.4 Å². The SMILES string of the molecule is CCOC(=O)c1c(NC(=O)COc2c(C)cc(Br)cc2C)sc(C)c1C. The van der Waals surface area contributed by atoms with E-state index in [1.165, 1.54) is 11.3 Å². The Bertz CT molecular complexity index is 821. The van der Waals surface area contributed by atoms with Crippen LogP contribution in [0.1, 0.15) is 38.8 Å². The number of anilines is 1. The van der Waals surface area contributed by atoms with Crippen LogP contribution in [-0.4, -0.2) is 25.1 Å². The minimum atomic E-state index is -0.426. The Morgan fingerprint density at radius 1 is 1.15 bits per heavy atom. The molecule has 0 aliphatic rings. The first-order valence-electron chi connectivity index (χ1n) is 8.21. The molecule has 2 rings (SSSR count). The zero-order chi connectivity index (χ0) is 19.4. The summed E-state index contributed by atoms with van der Waals surface area (Å²) in [5.41, 5.74) is 3.13. The lowest BCUT2D eigenvalue weighted by Crippen LogP contribution is -2.21. The lowest BCUT2D eigenvalue weighted by molar-refractivity contribution is -0.118. The first kappa shape index (κ1) is 20.5. The second kappa shape index (κ2) is 8.68. The molecule has 0 fully saturated rings. The molecule has 1 aromatic carbocycles. The van der Waals surface area contributed by atoms with E-state index in [0.717, 1.165) is 26.0 Å². The van der Waals surface area contributed by atoms with E-state index in [2.05, 4.69) is 21.2 Å². The molecule has 0 spiro atoms. The Balaban J connectivity index is 2.12. The summed E-state index contributed by atoms with van der Waals surface area (Å²) in [6, 6.07) is 3.87. The number of thiophene rings is 1. The van der Waals surface area contributed by atoms with Crippen LogP contribution in [0.5, 0.6) is 5.75 Å². The lowest BCUT2D eigenvalue weighted by atomic mass is 10.1. The number of halogens is 1. The van der Waals surface area contributed by atoms with Crippen LogP contribution in [0.2, 0.25) is 0 Å². The van der Waals surface area contributed by atoms with Crippen molar-refractivity contribution in [1.29, 1.82) is 0 Å². The highest BCUT2D eigenvalue weighted by molar-refractivity contribution is 9.10. The lowest BCUT2D eigenvalue weighted by Gasteiger charge is -2.13. The Hall–Kier alpha value is -1.86. The van der Waals surface area contributed by atoms with Crippen LogP contribution in [0.25, 0.3) is 0 Å². The second-order valence-corrected chi connectivity index (χ2v) is 8.05. The normalized spacial score (nSPS) is 10.5. The Morgan fingerprint density at radius 3 is 2.35 bits per heavy atom. The van der Waals surface area contributed by atoms with Crippen molar-refractivity contribution in [3.05, 3.63) is 43.7 Å². The molecule has 0 radical (unpaired) electrons. The van der Waals surface area contributed by atoms with Gasteiger partial charge in [0.1, 0.15) is 10.8 Å². The molecule has 0 aliphatic carbocycles. The minimum Gasteiger partial charge on any atom is -0.483 e. The van der Waals surface area contributed by atoms with Gasteiger partial charge in [-0.3, -0.25) is 4.79 Å². The standard InChI is InChI=1S/C19H22BrNO4S/c1-6-24-19(23)16-12(4)13(5)26-18(16)21-15(22)9-25-17-10(2)7-14(20)8-11(17)3/h7-8H,6,9H2,1-5H3,(H,21,22). The van der Waals surface area contributed by atoms with Crippen LogP contribution >= 0.6 is 27.3 Å². The fraction of sp³-hybridized carbons (Fsp3) is 0.368. The predicted octanol–water partition coefficient (Wildman–Crippen LogP) is 4.94. The van der Waals surface area contributed by atoms with E-state index in [9.17, 15) is 9.59 Å². The van der Waals surface area contributed by atoms with Gasteiger partial charge in [0.15, 0.2) is 6.61 Å². The molecule has 2 aromatic rings. The van der Waals surface area contributed by atoms with E-state index in [-0.39, 0.29) is 19.1 Å². The van der Waals surface area contributed by atoms with Crippen molar-refractivity contribution in [1.82, 2.24) is 0 Å². The quantitative estimate of drug-likeness (QED) is 0.647. The Morgan fingerprint density at radius 2 is 1.77 bits per heavy atom. The highest BCUT2D eigenvalue weighted by Crippen LogP contribution is 2.33. The highest BCUT2D eigenvalue weighted by Gasteiger charge is 2.22. The van der Waals surface area contributed by atoms with Gasteiger partial charge < -0.3 is 14.8 Å². The van der Waals surface area contributed by atoms with Crippen LogP contribution in [0, 0.1) is 27.7 Å². The first-order valence-corrected chi connectivity index (χ1v) is 9.82. The third kappa shape index (κ3) is 4.65. The number of aryl methyl sites for hydroxylation is 3. The summed E-state index contributed by atoms with van der Waals surface area (Å²) in [6.07, 6.45) is 0. The summed E-state index contributed by atoms with van der Waals surface area (Å²) in [7, 11) is 0. The third-order valence-electron chi connectivity index (χ3n) is 3.89. The number of carbonyl (C=O) groups is 2. The number of nitrogens with one attached hydrogen (secondary N) is 1. The Kier molecular flexibility index (Phi) is 6.83. The van der Waals surface area contributed by atoms with E-state index >= 15 is 0 Å². The first-order chi connectivity index (χ1) is 12.2. The van der Waals surface area contributed by atoms with Gasteiger partial charge in [0.05, 0.1) is 12.2 Å². The average molecular weight is 440 g/mol. The zero-order valence-corrected chi connectivity index (χ0v) is 17.9. The summed E-state index contributed by atoms with van der Waals surface area (Å²) in [5.74, 6) is -0.0591. The number of benzene rings is 1. The Labute approximate surface area is 165 Å². The number of ether oxygens (including phenoxy) is 2. The van der Waals surface area contributed by atoms with Gasteiger partial charge in [-0.25, -0.2) is 4.79 Å². The van der Waals surface area contributed by atoms with E-state index in [1.54, 1.807) is 6.92 Å². The van der Waals surface area contributed by atoms with Gasteiger partial charge in [0.25, 0.3) is 5.91 Å². The molecule has 0 unspecified atom stereocenters. The largest absolute Gasteiger partial charge is 0.483 e. The maximum Gasteiger partial charge on any atom is 0.341 e. The highest BCUT2D eigenvalue weighted by atomic mass is 79.9. The van der Waals surface area contributed by atoms with Gasteiger partial charge in [0, 0.05) is 9.35 Å². The zero-order valence-electron chi connectivity index (χ0n) is 15.5. The number of amides is 1. The molecule has 0 atom stereocenters. The predicted molar refractivity (Wildman–Crippen MR) is 107 cm³/mol. The maximum atomic E-state index is 12.3. The topological polar surface area (TPSA) is 64.6 Å². The van der Waals surface area contributed by atoms with Gasteiger partial charge in [0.2, 0.25) is 0 Å². The number of hydrogen-bond acceptors (Lipinski definition) is 5. The van der Waals surface area contributed by atoms with Crippen LogP contribution < -0.4 is 10.1 Å². The summed E-state index contributed by atoms with van der Waals surface area (Å²) < 4.78 is 11.8. The third-order valence-corrected chi connectivity index (χ3v) is 5.47. The van der Waals surface area contributed by atoms with Crippen molar-refractivity contribution in [2.45, 2.75) is 34.6 Å². The van der Waals surface area contributed by atoms with Gasteiger partial charge in [-0.15, -0.1) is 11.3 Å². The van der Waals surface area contributed by atoms with E-state index in [4.69, 9.17) is 9.47 Å². The monoisotopic (exact) mass is 439 g/mol. The van der Waals surface area contributed by atoms with Crippen molar-refractivity contribution in [3.63, 3.8) is 0 Å². The molecular formula is C19H22BrNO4S. The average Bonchev–Trinajstić information content (AvgIpc) is 2.80. The molecule has 140 valence electrons. The molecule has 0 saturated heterocycles. The summed E-state index contributed by atoms with van der Waals surface area (Å²) in [5, 5.41) is 3.27. The fourth-order valence-electron chi connectivity index (χ4n) is 2.59. The molecule has 0 saturated carbocycles. The second-order valence-electron chi connectivity index (χ2n) is 5.91. The summed E-state index contributed by atoms with van der Waals surface area (Å²) >= 11 is 4.80. The van der Waals surface area contributed by atoms with Gasteiger partial charge in [-0.2, -0.15) is 0 Å². The van der Waals surface area contributed by atoms with Crippen molar-refractivity contribution in [2.24, 2.45) is 0 Å². The van der Waals surface area contributed by atoms with Crippen LogP contribution in [0.4, 0.5) is 5.00 Å². The maximum absolute atomic E-state index is 12.3. The molecule has 1 heterocycles. The number of esters is 1. The molecule has 7 heteroatoms. The van der Waals surface area contributed by atoms with E-state index < -0.39 is 5.97 Å². The summed E-state index contributed by atoms with van der Waals surface area (Å²) in [4.78, 5) is 25.5. The molecule has 1 aromatic heterocycles. The molecular weight excluding hydrogens is 418 g/mol. The molecule has 1 N–H and O–H groups in total. The van der Waals surface area contributed by atoms with Crippen LogP contribution in [0.3, 0.4) is 0 Å². The molecule has 26 heavy (non-hydrogen) atoms. The van der Waals surface area contributed by atoms with Crippen molar-refractivity contribution in [2.75, 3.05) is 18.5 Å². The summed E-state index contributed by atoms with van der Waals surface area (Å²) in [6.45, 7) is 9.50. The van der Waals surface area contributed by atoms with Crippen LogP contribution in [-0.2, 0) is 9.53 Å². The fourth-order valence-corrected chi connectivity index (χ4v) is 4.34. The van der Waals surface area contributed by atoms with Gasteiger partial charge in [-0.1, -0.05) is 15.9 Å².